The summed E-state index contributed by atoms with van der Waals surface area (Å²) in [6.07, 6.45) is 4.48. The largest absolute Gasteiger partial charge is 0.482 e. The van der Waals surface area contributed by atoms with E-state index in [0.29, 0.717) is 18.6 Å². The minimum Gasteiger partial charge on any atom is -0.482 e. The average molecular weight is 278 g/mol. The first-order valence-electron chi connectivity index (χ1n) is 6.63. The minimum atomic E-state index is -0.845. The molecule has 20 heavy (non-hydrogen) atoms. The fraction of sp³-hybridized carbons (Fsp3) is 0.500. The molecule has 1 aromatic rings. The van der Waals surface area contributed by atoms with Gasteiger partial charge in [0.05, 0.1) is 12.1 Å². The topological polar surface area (TPSA) is 79.7 Å². The zero-order chi connectivity index (χ0) is 14.5. The van der Waals surface area contributed by atoms with E-state index in [1.54, 1.807) is 23.2 Å². The van der Waals surface area contributed by atoms with Crippen LogP contribution in [0.4, 0.5) is 0 Å². The van der Waals surface area contributed by atoms with E-state index in [2.05, 4.69) is 4.98 Å². The van der Waals surface area contributed by atoms with Gasteiger partial charge >= 0.3 is 5.97 Å². The Morgan fingerprint density at radius 3 is 2.95 bits per heavy atom. The fourth-order valence-electron chi connectivity index (χ4n) is 2.32. The van der Waals surface area contributed by atoms with E-state index >= 15 is 0 Å². The molecule has 1 amide bonds. The summed E-state index contributed by atoms with van der Waals surface area (Å²) in [6, 6.07) is 3.50. The summed E-state index contributed by atoms with van der Waals surface area (Å²) in [5.41, 5.74) is 0. The molecule has 2 heterocycles. The first-order chi connectivity index (χ1) is 9.58. The average Bonchev–Trinajstić information content (AvgIpc) is 2.46. The highest BCUT2D eigenvalue weighted by molar-refractivity contribution is 5.79. The number of carboxylic acid groups (broad SMARTS) is 1. The number of ether oxygens (including phenoxy) is 1. The molecule has 1 aromatic heterocycles. The maximum atomic E-state index is 12.1. The van der Waals surface area contributed by atoms with Crippen LogP contribution in [0.3, 0.4) is 0 Å². The van der Waals surface area contributed by atoms with Crippen LogP contribution in [0, 0.1) is 5.92 Å². The molecule has 0 bridgehead atoms. The Hall–Kier alpha value is -2.11. The molecule has 6 heteroatoms. The van der Waals surface area contributed by atoms with Crippen LogP contribution >= 0.6 is 0 Å². The molecule has 2 atom stereocenters. The second-order valence-corrected chi connectivity index (χ2v) is 4.99. The molecule has 1 aliphatic rings. The van der Waals surface area contributed by atoms with Crippen molar-refractivity contribution in [2.24, 2.45) is 5.92 Å². The summed E-state index contributed by atoms with van der Waals surface area (Å²) in [7, 11) is 0. The number of hydrogen-bond donors (Lipinski definition) is 1. The summed E-state index contributed by atoms with van der Waals surface area (Å²) in [4.78, 5) is 28.7. The van der Waals surface area contributed by atoms with Gasteiger partial charge in [0.2, 0.25) is 0 Å². The van der Waals surface area contributed by atoms with E-state index in [-0.39, 0.29) is 25.1 Å². The predicted molar refractivity (Wildman–Crippen MR) is 71.3 cm³/mol. The first kappa shape index (κ1) is 14.3. The van der Waals surface area contributed by atoms with Crippen LogP contribution in [-0.4, -0.2) is 46.1 Å². The summed E-state index contributed by atoms with van der Waals surface area (Å²) in [5, 5.41) is 9.05. The molecule has 1 saturated heterocycles. The Morgan fingerprint density at radius 1 is 1.50 bits per heavy atom. The van der Waals surface area contributed by atoms with Crippen molar-refractivity contribution in [1.29, 1.82) is 0 Å². The van der Waals surface area contributed by atoms with Gasteiger partial charge in [-0.3, -0.25) is 14.6 Å². The lowest BCUT2D eigenvalue weighted by molar-refractivity contribution is -0.147. The fourth-order valence-corrected chi connectivity index (χ4v) is 2.32. The zero-order valence-corrected chi connectivity index (χ0v) is 11.4. The summed E-state index contributed by atoms with van der Waals surface area (Å²) < 4.78 is 5.36. The molecule has 1 N–H and O–H groups in total. The molecule has 1 fully saturated rings. The van der Waals surface area contributed by atoms with Gasteiger partial charge in [-0.1, -0.05) is 0 Å². The number of likely N-dealkylation sites (tertiary alicyclic amines) is 1. The van der Waals surface area contributed by atoms with E-state index in [1.165, 1.54) is 6.20 Å². The Morgan fingerprint density at radius 2 is 2.30 bits per heavy atom. The second-order valence-electron chi connectivity index (χ2n) is 4.99. The van der Waals surface area contributed by atoms with Crippen LogP contribution in [0.2, 0.25) is 0 Å². The lowest BCUT2D eigenvalue weighted by Gasteiger charge is -2.36. The normalized spacial score (nSPS) is 22.4. The van der Waals surface area contributed by atoms with Gasteiger partial charge in [0.15, 0.2) is 6.61 Å². The third-order valence-electron chi connectivity index (χ3n) is 3.55. The van der Waals surface area contributed by atoms with Crippen molar-refractivity contribution < 1.29 is 19.4 Å². The third kappa shape index (κ3) is 3.46. The van der Waals surface area contributed by atoms with Crippen LogP contribution in [0.15, 0.2) is 24.5 Å². The van der Waals surface area contributed by atoms with Gasteiger partial charge < -0.3 is 14.7 Å². The Labute approximate surface area is 117 Å². The molecular weight excluding hydrogens is 260 g/mol. The highest BCUT2D eigenvalue weighted by Gasteiger charge is 2.32. The van der Waals surface area contributed by atoms with Crippen molar-refractivity contribution in [2.75, 3.05) is 13.2 Å². The number of nitrogens with zero attached hydrogens (tertiary/aromatic N) is 2. The van der Waals surface area contributed by atoms with Crippen molar-refractivity contribution in [2.45, 2.75) is 25.8 Å². The maximum Gasteiger partial charge on any atom is 0.308 e. The van der Waals surface area contributed by atoms with E-state index in [0.717, 1.165) is 0 Å². The van der Waals surface area contributed by atoms with Crippen molar-refractivity contribution in [1.82, 2.24) is 9.88 Å². The highest BCUT2D eigenvalue weighted by atomic mass is 16.5. The van der Waals surface area contributed by atoms with E-state index in [1.807, 2.05) is 6.92 Å². The Kier molecular flexibility index (Phi) is 4.55. The number of hydrogen-bond acceptors (Lipinski definition) is 4. The molecule has 0 aromatic carbocycles. The summed E-state index contributed by atoms with van der Waals surface area (Å²) in [6.45, 7) is 2.09. The number of amides is 1. The van der Waals surface area contributed by atoms with Gasteiger partial charge in [0, 0.05) is 18.8 Å². The number of piperidine rings is 1. The SMILES string of the molecule is CC1CCC(C(=O)O)CN1C(=O)COc1cccnc1. The molecule has 2 unspecified atom stereocenters. The van der Waals surface area contributed by atoms with Crippen LogP contribution in [0.1, 0.15) is 19.8 Å². The molecule has 0 spiro atoms. The molecule has 1 aliphatic heterocycles. The van der Waals surface area contributed by atoms with Crippen molar-refractivity contribution >= 4 is 11.9 Å². The van der Waals surface area contributed by atoms with Crippen molar-refractivity contribution in [3.05, 3.63) is 24.5 Å². The lowest BCUT2D eigenvalue weighted by atomic mass is 9.93. The summed E-state index contributed by atoms with van der Waals surface area (Å²) in [5.74, 6) is -0.982. The Balaban J connectivity index is 1.91. The molecular formula is C14H18N2O4. The molecule has 0 aliphatic carbocycles. The van der Waals surface area contributed by atoms with Crippen molar-refractivity contribution in [3.8, 4) is 5.75 Å². The molecule has 0 saturated carbocycles. The molecule has 0 radical (unpaired) electrons. The molecule has 2 rings (SSSR count). The number of carbonyl (C=O) groups excluding carboxylic acids is 1. The smallest absolute Gasteiger partial charge is 0.308 e. The number of aromatic nitrogens is 1. The second kappa shape index (κ2) is 6.36. The van der Waals surface area contributed by atoms with Crippen LogP contribution in [0.25, 0.3) is 0 Å². The third-order valence-corrected chi connectivity index (χ3v) is 3.55. The van der Waals surface area contributed by atoms with Crippen LogP contribution < -0.4 is 4.74 Å². The Bertz CT molecular complexity index is 477. The zero-order valence-electron chi connectivity index (χ0n) is 11.4. The van der Waals surface area contributed by atoms with Gasteiger partial charge in [0.1, 0.15) is 5.75 Å². The minimum absolute atomic E-state index is 0.0515. The maximum absolute atomic E-state index is 12.1. The lowest BCUT2D eigenvalue weighted by Crippen LogP contribution is -2.49. The van der Waals surface area contributed by atoms with Gasteiger partial charge in [0.25, 0.3) is 5.91 Å². The molecule has 108 valence electrons. The number of carbonyl (C=O) groups is 2. The number of carboxylic acids is 1. The predicted octanol–water partition coefficient (Wildman–Crippen LogP) is 1.17. The quantitative estimate of drug-likeness (QED) is 0.894. The first-order valence-corrected chi connectivity index (χ1v) is 6.63. The monoisotopic (exact) mass is 278 g/mol. The van der Waals surface area contributed by atoms with Gasteiger partial charge in [-0.2, -0.15) is 0 Å². The number of pyridine rings is 1. The van der Waals surface area contributed by atoms with Gasteiger partial charge in [-0.25, -0.2) is 0 Å². The van der Waals surface area contributed by atoms with E-state index in [9.17, 15) is 9.59 Å². The van der Waals surface area contributed by atoms with E-state index in [4.69, 9.17) is 9.84 Å². The van der Waals surface area contributed by atoms with Crippen LogP contribution in [-0.2, 0) is 9.59 Å². The molecule has 6 nitrogen and oxygen atoms in total. The standard InChI is InChI=1S/C14H18N2O4/c1-10-4-5-11(14(18)19)8-16(10)13(17)9-20-12-3-2-6-15-7-12/h2-3,6-7,10-11H,4-5,8-9H2,1H3,(H,18,19). The van der Waals surface area contributed by atoms with Crippen LogP contribution in [0.5, 0.6) is 5.75 Å². The number of rotatable bonds is 4. The van der Waals surface area contributed by atoms with Crippen molar-refractivity contribution in [3.63, 3.8) is 0 Å². The summed E-state index contributed by atoms with van der Waals surface area (Å²) >= 11 is 0. The van der Waals surface area contributed by atoms with Gasteiger partial charge in [-0.05, 0) is 31.9 Å². The van der Waals surface area contributed by atoms with E-state index < -0.39 is 11.9 Å². The highest BCUT2D eigenvalue weighted by Crippen LogP contribution is 2.22. The van der Waals surface area contributed by atoms with Gasteiger partial charge in [-0.15, -0.1) is 0 Å². The number of aliphatic carboxylic acids is 1.